The Morgan fingerprint density at radius 1 is 1.00 bits per heavy atom. The first-order valence-electron chi connectivity index (χ1n) is 0.447. The molecule has 4 heavy (non-hydrogen) atoms. The second kappa shape index (κ2) is 117. The van der Waals surface area contributed by atoms with Crippen LogP contribution in [0.3, 0.4) is 0 Å². The second-order valence-corrected chi connectivity index (χ2v) is 0. The van der Waals surface area contributed by atoms with Gasteiger partial charge in [-0.1, -0.05) is 0 Å². The minimum absolute atomic E-state index is 0. The zero-order chi connectivity index (χ0) is 2.00. The van der Waals surface area contributed by atoms with Crippen LogP contribution in [0, 0.1) is 0 Å². The molecule has 4 heteroatoms. The van der Waals surface area contributed by atoms with Crippen molar-refractivity contribution in [3.05, 3.63) is 0 Å². The van der Waals surface area contributed by atoms with Gasteiger partial charge in [0, 0.05) is 0 Å². The Kier molecular flexibility index (Phi) is 752. The maximum absolute atomic E-state index is 7.14. The van der Waals surface area contributed by atoms with Crippen molar-refractivity contribution in [2.45, 2.75) is 0 Å². The maximum Gasteiger partial charge on any atom is 0.407 e. The Morgan fingerprint density at radius 3 is 1.00 bits per heavy atom. The Labute approximate surface area is 32.6 Å². The first kappa shape index (κ1) is 25.8. The average Bonchev–Trinajstić information content (AvgIpc) is 1.00. The molecule has 0 spiro atoms. The number of hydrogen-bond donors (Lipinski definition) is 1. The third-order valence-corrected chi connectivity index (χ3v) is 0. The van der Waals surface area contributed by atoms with E-state index in [4.69, 9.17) is 4.16 Å². The molecule has 0 rings (SSSR count). The van der Waals surface area contributed by atoms with Crippen LogP contribution in [0.5, 0.6) is 0 Å². The van der Waals surface area contributed by atoms with Gasteiger partial charge in [-0.3, -0.25) is 0 Å². The zero-order valence-electron chi connectivity index (χ0n) is 2.45. The SMILES string of the molecule is O.O.[OH][AlH2]. The largest absolute Gasteiger partial charge is 0.521 e. The van der Waals surface area contributed by atoms with Gasteiger partial charge in [0.05, 0.1) is 0 Å². The molecule has 0 atom stereocenters. The quantitative estimate of drug-likeness (QED) is 0.308. The topological polar surface area (TPSA) is 83.2 Å². The zero-order valence-corrected chi connectivity index (χ0v) is 4.45. The Hall–Kier alpha value is 0.412. The summed E-state index contributed by atoms with van der Waals surface area (Å²) in [6.07, 6.45) is 0. The van der Waals surface area contributed by atoms with E-state index in [9.17, 15) is 0 Å². The van der Waals surface area contributed by atoms with Crippen LogP contribution in [0.1, 0.15) is 0 Å². The van der Waals surface area contributed by atoms with Crippen LogP contribution in [0.2, 0.25) is 0 Å². The third kappa shape index (κ3) is 28.3. The van der Waals surface area contributed by atoms with E-state index in [0.29, 0.717) is 16.6 Å². The molecule has 0 unspecified atom stereocenters. The molecule has 0 aliphatic heterocycles. The fourth-order valence-electron chi connectivity index (χ4n) is 0. The average molecular weight is 82.0 g/mol. The summed E-state index contributed by atoms with van der Waals surface area (Å²) in [4.78, 5) is 0. The molecule has 0 saturated heterocycles. The highest BCUT2D eigenvalue weighted by molar-refractivity contribution is 5.95. The van der Waals surface area contributed by atoms with Gasteiger partial charge in [-0.05, 0) is 0 Å². The maximum atomic E-state index is 7.14. The Morgan fingerprint density at radius 2 is 1.00 bits per heavy atom. The van der Waals surface area contributed by atoms with Crippen molar-refractivity contribution in [2.75, 3.05) is 0 Å². The molecule has 0 aromatic heterocycles. The summed E-state index contributed by atoms with van der Waals surface area (Å²) in [5.41, 5.74) is 0. The fraction of sp³-hybridized carbons (Fsp3) is 0. The molecule has 0 fully saturated rings. The van der Waals surface area contributed by atoms with E-state index in [1.165, 1.54) is 0 Å². The molecule has 28 valence electrons. The summed E-state index contributed by atoms with van der Waals surface area (Å²) in [5.74, 6) is 0. The van der Waals surface area contributed by atoms with Crippen molar-refractivity contribution >= 4 is 16.6 Å². The van der Waals surface area contributed by atoms with Crippen molar-refractivity contribution < 1.29 is 15.1 Å². The molecule has 0 aliphatic carbocycles. The molecule has 0 heterocycles. The lowest BCUT2D eigenvalue weighted by molar-refractivity contribution is 0.629. The smallest absolute Gasteiger partial charge is 0.407 e. The van der Waals surface area contributed by atoms with Gasteiger partial charge in [-0.25, -0.2) is 0 Å². The molecule has 0 aliphatic rings. The van der Waals surface area contributed by atoms with Gasteiger partial charge in [0.25, 0.3) is 0 Å². The van der Waals surface area contributed by atoms with Crippen LogP contribution in [0.25, 0.3) is 0 Å². The first-order valence-corrected chi connectivity index (χ1v) is 1.34. The van der Waals surface area contributed by atoms with Crippen molar-refractivity contribution in [3.8, 4) is 0 Å². The van der Waals surface area contributed by atoms with Gasteiger partial charge in [0.2, 0.25) is 0 Å². The van der Waals surface area contributed by atoms with E-state index < -0.39 is 0 Å². The van der Waals surface area contributed by atoms with Gasteiger partial charge < -0.3 is 15.1 Å². The van der Waals surface area contributed by atoms with Gasteiger partial charge in [0.15, 0.2) is 0 Å². The molecule has 0 saturated carbocycles. The lowest BCUT2D eigenvalue weighted by atomic mass is 15.9. The van der Waals surface area contributed by atoms with E-state index in [-0.39, 0.29) is 11.0 Å². The minimum atomic E-state index is 0. The summed E-state index contributed by atoms with van der Waals surface area (Å²) < 4.78 is 7.14. The Balaban J connectivity index is -0.00000000500. The van der Waals surface area contributed by atoms with Crippen LogP contribution in [-0.2, 0) is 0 Å². The van der Waals surface area contributed by atoms with E-state index in [2.05, 4.69) is 0 Å². The highest BCUT2D eigenvalue weighted by atomic mass is 27.1. The third-order valence-electron chi connectivity index (χ3n) is 0. The molecular formula is H7AlO3. The van der Waals surface area contributed by atoms with Crippen molar-refractivity contribution in [2.24, 2.45) is 0 Å². The van der Waals surface area contributed by atoms with Gasteiger partial charge >= 0.3 is 16.6 Å². The summed E-state index contributed by atoms with van der Waals surface area (Å²) in [7, 11) is 0. The molecule has 0 aromatic rings. The van der Waals surface area contributed by atoms with Crippen LogP contribution in [-0.4, -0.2) is 31.7 Å². The molecule has 0 amide bonds. The van der Waals surface area contributed by atoms with Crippen molar-refractivity contribution in [1.29, 1.82) is 0 Å². The Bertz CT molecular complexity index is 3.25. The standard InChI is InChI=1S/Al.3H2O.2H/h;3*1H2;;/q+1;;;;;/p-1. The summed E-state index contributed by atoms with van der Waals surface area (Å²) in [5, 5.41) is 0. The van der Waals surface area contributed by atoms with Crippen LogP contribution >= 0.6 is 0 Å². The minimum Gasteiger partial charge on any atom is -0.521 e. The number of rotatable bonds is 0. The van der Waals surface area contributed by atoms with Gasteiger partial charge in [-0.15, -0.1) is 0 Å². The molecule has 5 N–H and O–H groups in total. The molecule has 3 nitrogen and oxygen atoms in total. The predicted molar refractivity (Wildman–Crippen MR) is 18.0 cm³/mol. The molecule has 0 aromatic carbocycles. The van der Waals surface area contributed by atoms with Crippen molar-refractivity contribution in [1.82, 2.24) is 0 Å². The molecule has 0 radical (unpaired) electrons. The van der Waals surface area contributed by atoms with Crippen LogP contribution < -0.4 is 0 Å². The normalized spacial score (nSPS) is 1.25. The van der Waals surface area contributed by atoms with E-state index in [1.54, 1.807) is 0 Å². The fourth-order valence-corrected chi connectivity index (χ4v) is 0. The van der Waals surface area contributed by atoms with Crippen LogP contribution in [0.4, 0.5) is 0 Å². The highest BCUT2D eigenvalue weighted by Crippen LogP contribution is 0.666. The first-order chi connectivity index (χ1) is 1.00. The predicted octanol–water partition coefficient (Wildman–Crippen LogP) is -3.12. The van der Waals surface area contributed by atoms with Gasteiger partial charge in [0.1, 0.15) is 0 Å². The highest BCUT2D eigenvalue weighted by Gasteiger charge is 1.05. The molecule has 0 bridgehead atoms. The van der Waals surface area contributed by atoms with Crippen LogP contribution in [0.15, 0.2) is 0 Å². The van der Waals surface area contributed by atoms with E-state index >= 15 is 0 Å². The lowest BCUT2D eigenvalue weighted by Crippen LogP contribution is -1.34. The van der Waals surface area contributed by atoms with E-state index in [1.807, 2.05) is 0 Å². The molecular weight excluding hydrogens is 75.0 g/mol. The van der Waals surface area contributed by atoms with E-state index in [0.717, 1.165) is 0 Å². The van der Waals surface area contributed by atoms with Crippen molar-refractivity contribution in [3.63, 3.8) is 0 Å². The monoisotopic (exact) mass is 82.0 g/mol. The lowest BCUT2D eigenvalue weighted by Gasteiger charge is -1.16. The summed E-state index contributed by atoms with van der Waals surface area (Å²) in [6, 6.07) is 0. The second-order valence-electron chi connectivity index (χ2n) is 0. The number of hydrogen-bond acceptors (Lipinski definition) is 1. The summed E-state index contributed by atoms with van der Waals surface area (Å²) >= 11 is 0.306. The van der Waals surface area contributed by atoms with Gasteiger partial charge in [-0.2, -0.15) is 0 Å². The summed E-state index contributed by atoms with van der Waals surface area (Å²) in [6.45, 7) is 0.